The minimum Gasteiger partial charge on any atom is -0.463 e. The maximum atomic E-state index is 14.9. The molecule has 0 amide bonds. The Morgan fingerprint density at radius 1 is 1.10 bits per heavy atom. The number of aromatic nitrogens is 4. The van der Waals surface area contributed by atoms with Crippen LogP contribution >= 0.6 is 11.6 Å². The van der Waals surface area contributed by atoms with E-state index in [1.54, 1.807) is 0 Å². The molecule has 4 atom stereocenters. The molecule has 0 saturated carbocycles. The Morgan fingerprint density at radius 2 is 1.74 bits per heavy atom. The fourth-order valence-electron chi connectivity index (χ4n) is 4.75. The Hall–Kier alpha value is -2.30. The van der Waals surface area contributed by atoms with Crippen molar-refractivity contribution in [1.29, 1.82) is 0 Å². The number of hydrogen-bond acceptors (Lipinski definition) is 8. The summed E-state index contributed by atoms with van der Waals surface area (Å²) >= 11 is 5.87. The number of rotatable bonds is 18. The molecule has 9 nitrogen and oxygen atoms in total. The van der Waals surface area contributed by atoms with Crippen LogP contribution in [0.2, 0.25) is 5.28 Å². The van der Waals surface area contributed by atoms with Gasteiger partial charge < -0.3 is 20.3 Å². The number of nitrogens with two attached hydrogens (primary N) is 1. The quantitative estimate of drug-likeness (QED) is 0.0938. The fourth-order valence-corrected chi connectivity index (χ4v) is 4.92. The van der Waals surface area contributed by atoms with E-state index in [1.807, 2.05) is 0 Å². The monoisotopic (exact) mass is 567 g/mol. The maximum absolute atomic E-state index is 14.9. The number of hydrogen-bond donors (Lipinski definition) is 2. The molecular weight excluding hydrogens is 525 g/mol. The number of allylic oxidation sites excluding steroid dienone is 2. The normalized spacial score (nSPS) is 21.3. The minimum absolute atomic E-state index is 0.0545. The highest BCUT2D eigenvalue weighted by Gasteiger charge is 2.46. The van der Waals surface area contributed by atoms with Crippen LogP contribution in [0.25, 0.3) is 11.2 Å². The van der Waals surface area contributed by atoms with Crippen LogP contribution in [0.1, 0.15) is 103 Å². The first-order valence-corrected chi connectivity index (χ1v) is 14.7. The molecule has 0 aromatic carbocycles. The van der Waals surface area contributed by atoms with Crippen LogP contribution in [0.4, 0.5) is 10.2 Å². The van der Waals surface area contributed by atoms with E-state index in [0.29, 0.717) is 0 Å². The number of aliphatic hydroxyl groups is 1. The number of nitrogens with zero attached hydrogens (tertiary/aromatic N) is 4. The van der Waals surface area contributed by atoms with Gasteiger partial charge in [-0.3, -0.25) is 9.36 Å². The van der Waals surface area contributed by atoms with E-state index in [9.17, 15) is 14.3 Å². The molecule has 39 heavy (non-hydrogen) atoms. The molecule has 0 spiro atoms. The van der Waals surface area contributed by atoms with Crippen molar-refractivity contribution in [3.8, 4) is 0 Å². The second kappa shape index (κ2) is 16.7. The highest BCUT2D eigenvalue weighted by atomic mass is 35.5. The van der Waals surface area contributed by atoms with E-state index in [2.05, 4.69) is 34.0 Å². The summed E-state index contributed by atoms with van der Waals surface area (Å²) in [5.41, 5.74) is 6.24. The van der Waals surface area contributed by atoms with Gasteiger partial charge in [-0.25, -0.2) is 9.37 Å². The number of nitrogen functional groups attached to an aromatic ring is 1. The van der Waals surface area contributed by atoms with Crippen molar-refractivity contribution in [2.45, 2.75) is 121 Å². The topological polar surface area (TPSA) is 125 Å². The van der Waals surface area contributed by atoms with E-state index in [-0.39, 0.29) is 41.3 Å². The smallest absolute Gasteiger partial charge is 0.305 e. The summed E-state index contributed by atoms with van der Waals surface area (Å²) in [7, 11) is 0. The summed E-state index contributed by atoms with van der Waals surface area (Å²) in [6, 6.07) is 0. The third kappa shape index (κ3) is 9.69. The first-order chi connectivity index (χ1) is 18.9. The molecule has 218 valence electrons. The first kappa shape index (κ1) is 31.2. The molecule has 11 heteroatoms. The van der Waals surface area contributed by atoms with Gasteiger partial charge in [-0.05, 0) is 43.7 Å². The van der Waals surface area contributed by atoms with Crippen LogP contribution in [-0.2, 0) is 14.3 Å². The fraction of sp³-hybridized carbons (Fsp3) is 0.714. The van der Waals surface area contributed by atoms with Gasteiger partial charge in [0.2, 0.25) is 5.28 Å². The lowest BCUT2D eigenvalue weighted by Gasteiger charge is -2.15. The van der Waals surface area contributed by atoms with E-state index >= 15 is 0 Å². The number of carbonyl (C=O) groups excluding carboxylic acids is 1. The van der Waals surface area contributed by atoms with Gasteiger partial charge in [0.15, 0.2) is 23.9 Å². The van der Waals surface area contributed by atoms with Gasteiger partial charge in [-0.2, -0.15) is 9.97 Å². The highest BCUT2D eigenvalue weighted by molar-refractivity contribution is 6.28. The van der Waals surface area contributed by atoms with Gasteiger partial charge in [0, 0.05) is 6.42 Å². The van der Waals surface area contributed by atoms with Crippen LogP contribution in [0.15, 0.2) is 18.5 Å². The number of esters is 1. The van der Waals surface area contributed by atoms with Gasteiger partial charge in [0.25, 0.3) is 0 Å². The lowest BCUT2D eigenvalue weighted by Crippen LogP contribution is -2.32. The zero-order valence-corrected chi connectivity index (χ0v) is 23.7. The van der Waals surface area contributed by atoms with Crippen molar-refractivity contribution in [3.05, 3.63) is 23.8 Å². The van der Waals surface area contributed by atoms with Crippen LogP contribution in [-0.4, -0.2) is 55.6 Å². The average molecular weight is 568 g/mol. The number of alkyl halides is 1. The summed E-state index contributed by atoms with van der Waals surface area (Å²) in [4.78, 5) is 24.1. The lowest BCUT2D eigenvalue weighted by molar-refractivity contribution is -0.150. The van der Waals surface area contributed by atoms with Crippen molar-refractivity contribution < 1.29 is 23.8 Å². The molecule has 2 aromatic heterocycles. The minimum atomic E-state index is -1.79. The number of carbonyl (C=O) groups is 1. The van der Waals surface area contributed by atoms with Crippen LogP contribution < -0.4 is 5.73 Å². The van der Waals surface area contributed by atoms with Gasteiger partial charge in [-0.15, -0.1) is 0 Å². The number of anilines is 1. The molecule has 0 bridgehead atoms. The molecule has 1 aliphatic rings. The molecule has 3 rings (SSSR count). The van der Waals surface area contributed by atoms with E-state index in [1.165, 1.54) is 55.8 Å². The van der Waals surface area contributed by atoms with Gasteiger partial charge in [0.05, 0.1) is 6.33 Å². The highest BCUT2D eigenvalue weighted by Crippen LogP contribution is 2.34. The average Bonchev–Trinajstić information content (AvgIpc) is 3.45. The van der Waals surface area contributed by atoms with Crippen LogP contribution in [0.5, 0.6) is 0 Å². The van der Waals surface area contributed by atoms with Crippen molar-refractivity contribution in [1.82, 2.24) is 19.5 Å². The largest absolute Gasteiger partial charge is 0.463 e. The Bertz CT molecular complexity index is 1050. The molecule has 1 saturated heterocycles. The molecule has 2 aromatic rings. The molecule has 3 N–H and O–H groups in total. The number of imidazole rings is 1. The summed E-state index contributed by atoms with van der Waals surface area (Å²) < 4.78 is 27.1. The van der Waals surface area contributed by atoms with Gasteiger partial charge in [0.1, 0.15) is 24.3 Å². The molecule has 1 fully saturated rings. The SMILES string of the molecule is CCCCCCCC/C=C/CCCCCCCC(=O)OC[C@H]1O[C@@H](n2cnc3c(N)nc(Cl)nc32)[C@@H](F)[C@@H]1O. The summed E-state index contributed by atoms with van der Waals surface area (Å²) in [6.45, 7) is 2.00. The Labute approximate surface area is 235 Å². The number of unbranched alkanes of at least 4 members (excludes halogenated alkanes) is 11. The zero-order chi connectivity index (χ0) is 28.0. The third-order valence-corrected chi connectivity index (χ3v) is 7.21. The number of fused-ring (bicyclic) bond motifs is 1. The summed E-state index contributed by atoms with van der Waals surface area (Å²) in [5.74, 6) is -0.332. The molecule has 3 heterocycles. The number of ether oxygens (including phenoxy) is 2. The van der Waals surface area contributed by atoms with Crippen molar-refractivity contribution >= 4 is 34.6 Å². The maximum Gasteiger partial charge on any atom is 0.305 e. The summed E-state index contributed by atoms with van der Waals surface area (Å²) in [6.07, 6.45) is 16.1. The number of aliphatic hydroxyl groups excluding tert-OH is 1. The van der Waals surface area contributed by atoms with Crippen molar-refractivity contribution in [3.63, 3.8) is 0 Å². The van der Waals surface area contributed by atoms with Crippen LogP contribution in [0, 0.1) is 0 Å². The molecule has 0 aliphatic carbocycles. The second-order valence-corrected chi connectivity index (χ2v) is 10.6. The first-order valence-electron chi connectivity index (χ1n) is 14.4. The Balaban J connectivity index is 1.26. The summed E-state index contributed by atoms with van der Waals surface area (Å²) in [5, 5.41) is 10.2. The Morgan fingerprint density at radius 3 is 2.44 bits per heavy atom. The lowest BCUT2D eigenvalue weighted by atomic mass is 10.1. The molecule has 1 aliphatic heterocycles. The third-order valence-electron chi connectivity index (χ3n) is 7.04. The number of halogens is 2. The predicted octanol–water partition coefficient (Wildman–Crippen LogP) is 6.24. The van der Waals surface area contributed by atoms with Gasteiger partial charge >= 0.3 is 5.97 Å². The van der Waals surface area contributed by atoms with E-state index in [0.717, 1.165) is 38.5 Å². The van der Waals surface area contributed by atoms with E-state index < -0.39 is 24.6 Å². The van der Waals surface area contributed by atoms with Crippen LogP contribution in [0.3, 0.4) is 0 Å². The standard InChI is InChI=1S/C28H43ClFN5O4/c1-2-3-4-5-6-7-8-9-10-11-12-13-14-15-16-17-21(36)38-18-20-24(37)22(30)27(39-20)35-19-32-23-25(31)33-28(29)34-26(23)35/h9-10,19-20,22,24,27,37H,2-8,11-18H2,1H3,(H2,31,33,34)/b10-9+/t20-,22+,24-,27-/m1/s1. The predicted molar refractivity (Wildman–Crippen MR) is 150 cm³/mol. The molecule has 0 unspecified atom stereocenters. The molecular formula is C28H43ClFN5O4. The van der Waals surface area contributed by atoms with Gasteiger partial charge in [-0.1, -0.05) is 70.4 Å². The van der Waals surface area contributed by atoms with Crippen molar-refractivity contribution in [2.75, 3.05) is 12.3 Å². The van der Waals surface area contributed by atoms with E-state index in [4.69, 9.17) is 26.8 Å². The zero-order valence-electron chi connectivity index (χ0n) is 22.9. The second-order valence-electron chi connectivity index (χ2n) is 10.2. The van der Waals surface area contributed by atoms with Crippen molar-refractivity contribution in [2.24, 2.45) is 0 Å². The molecule has 0 radical (unpaired) electrons. The Kier molecular flexibility index (Phi) is 13.4.